The molecule has 0 aliphatic rings. The predicted molar refractivity (Wildman–Crippen MR) is 56.2 cm³/mol. The third-order valence-electron chi connectivity index (χ3n) is 1.81. The molecule has 0 saturated heterocycles. The maximum absolute atomic E-state index is 12.8. The summed E-state index contributed by atoms with van der Waals surface area (Å²) in [5, 5.41) is 12.4. The third kappa shape index (κ3) is 3.52. The molecule has 78 valence electrons. The van der Waals surface area contributed by atoms with Crippen molar-refractivity contribution in [1.82, 2.24) is 0 Å². The van der Waals surface area contributed by atoms with Crippen LogP contribution in [0.4, 0.5) is 10.1 Å². The van der Waals surface area contributed by atoms with Crippen molar-refractivity contribution in [2.24, 2.45) is 0 Å². The van der Waals surface area contributed by atoms with Crippen LogP contribution in [0.2, 0.25) is 5.02 Å². The summed E-state index contributed by atoms with van der Waals surface area (Å²) < 4.78 is 12.8. The molecule has 1 rings (SSSR count). The van der Waals surface area contributed by atoms with Gasteiger partial charge in [0, 0.05) is 6.54 Å². The van der Waals surface area contributed by atoms with Crippen LogP contribution in [-0.4, -0.2) is 17.8 Å². The van der Waals surface area contributed by atoms with E-state index in [0.717, 1.165) is 0 Å². The molecule has 0 fully saturated rings. The maximum atomic E-state index is 12.8. The lowest BCUT2D eigenvalue weighted by molar-refractivity contribution is 0.189. The number of benzene rings is 1. The number of halogens is 2. The van der Waals surface area contributed by atoms with Crippen LogP contribution in [0.5, 0.6) is 0 Å². The van der Waals surface area contributed by atoms with E-state index in [-0.39, 0.29) is 11.9 Å². The monoisotopic (exact) mass is 217 g/mol. The normalized spacial score (nSPS) is 12.6. The van der Waals surface area contributed by atoms with Crippen LogP contribution in [0.15, 0.2) is 18.2 Å². The lowest BCUT2D eigenvalue weighted by atomic mass is 10.2. The molecule has 0 spiro atoms. The Hall–Kier alpha value is -0.800. The Labute approximate surface area is 87.7 Å². The van der Waals surface area contributed by atoms with Gasteiger partial charge in [0.25, 0.3) is 0 Å². The van der Waals surface area contributed by atoms with E-state index in [2.05, 4.69) is 5.32 Å². The molecule has 2 nitrogen and oxygen atoms in total. The van der Waals surface area contributed by atoms with Crippen molar-refractivity contribution in [1.29, 1.82) is 0 Å². The fourth-order valence-corrected chi connectivity index (χ4v) is 1.23. The van der Waals surface area contributed by atoms with Crippen molar-refractivity contribution in [3.8, 4) is 0 Å². The van der Waals surface area contributed by atoms with Gasteiger partial charge < -0.3 is 10.4 Å². The van der Waals surface area contributed by atoms with Gasteiger partial charge in [-0.3, -0.25) is 0 Å². The third-order valence-corrected chi connectivity index (χ3v) is 2.14. The van der Waals surface area contributed by atoms with Crippen LogP contribution in [-0.2, 0) is 0 Å². The van der Waals surface area contributed by atoms with Crippen LogP contribution in [0.25, 0.3) is 0 Å². The molecule has 1 aromatic rings. The summed E-state index contributed by atoms with van der Waals surface area (Å²) in [4.78, 5) is 0. The van der Waals surface area contributed by atoms with Crippen molar-refractivity contribution in [3.05, 3.63) is 29.0 Å². The Morgan fingerprint density at radius 1 is 1.57 bits per heavy atom. The Bertz CT molecular complexity index is 304. The largest absolute Gasteiger partial charge is 0.393 e. The van der Waals surface area contributed by atoms with Gasteiger partial charge in [-0.15, -0.1) is 0 Å². The molecular formula is C10H13ClFNO. The van der Waals surface area contributed by atoms with Crippen LogP contribution in [0.3, 0.4) is 0 Å². The number of hydrogen-bond donors (Lipinski definition) is 2. The first-order chi connectivity index (χ1) is 6.59. The standard InChI is InChI=1S/C10H13ClFNO/c1-7(14)4-5-13-10-6-8(12)2-3-9(10)11/h2-3,6-7,13-14H,4-5H2,1H3. The molecule has 0 bridgehead atoms. The van der Waals surface area contributed by atoms with E-state index in [1.807, 2.05) is 0 Å². The molecular weight excluding hydrogens is 205 g/mol. The van der Waals surface area contributed by atoms with E-state index in [9.17, 15) is 4.39 Å². The van der Waals surface area contributed by atoms with Crippen LogP contribution in [0, 0.1) is 5.82 Å². The van der Waals surface area contributed by atoms with Gasteiger partial charge >= 0.3 is 0 Å². The molecule has 0 aliphatic heterocycles. The summed E-state index contributed by atoms with van der Waals surface area (Å²) in [7, 11) is 0. The van der Waals surface area contributed by atoms with Crippen LogP contribution in [0.1, 0.15) is 13.3 Å². The fraction of sp³-hybridized carbons (Fsp3) is 0.400. The second-order valence-corrected chi connectivity index (χ2v) is 3.60. The number of rotatable bonds is 4. The van der Waals surface area contributed by atoms with Gasteiger partial charge in [-0.25, -0.2) is 4.39 Å². The minimum Gasteiger partial charge on any atom is -0.393 e. The minimum absolute atomic E-state index is 0.325. The molecule has 2 N–H and O–H groups in total. The lowest BCUT2D eigenvalue weighted by Gasteiger charge is -2.09. The smallest absolute Gasteiger partial charge is 0.125 e. The van der Waals surface area contributed by atoms with Gasteiger partial charge in [0.15, 0.2) is 0 Å². The SMILES string of the molecule is CC(O)CCNc1cc(F)ccc1Cl. The Morgan fingerprint density at radius 2 is 2.29 bits per heavy atom. The number of anilines is 1. The number of hydrogen-bond acceptors (Lipinski definition) is 2. The molecule has 0 radical (unpaired) electrons. The van der Waals surface area contributed by atoms with Crippen molar-refractivity contribution in [3.63, 3.8) is 0 Å². The maximum Gasteiger partial charge on any atom is 0.125 e. The first-order valence-corrected chi connectivity index (χ1v) is 4.84. The molecule has 0 aliphatic carbocycles. The first-order valence-electron chi connectivity index (χ1n) is 4.46. The van der Waals surface area contributed by atoms with Gasteiger partial charge in [-0.05, 0) is 31.5 Å². The molecule has 1 unspecified atom stereocenters. The molecule has 1 atom stereocenters. The molecule has 1 aromatic carbocycles. The van der Waals surface area contributed by atoms with E-state index < -0.39 is 0 Å². The Morgan fingerprint density at radius 3 is 2.93 bits per heavy atom. The zero-order valence-electron chi connectivity index (χ0n) is 7.93. The Balaban J connectivity index is 2.53. The second-order valence-electron chi connectivity index (χ2n) is 3.19. The van der Waals surface area contributed by atoms with Crippen molar-refractivity contribution in [2.75, 3.05) is 11.9 Å². The van der Waals surface area contributed by atoms with Crippen molar-refractivity contribution < 1.29 is 9.50 Å². The minimum atomic E-state index is -0.366. The highest BCUT2D eigenvalue weighted by Crippen LogP contribution is 2.22. The number of nitrogens with one attached hydrogen (secondary N) is 1. The van der Waals surface area contributed by atoms with E-state index in [1.165, 1.54) is 18.2 Å². The highest BCUT2D eigenvalue weighted by Gasteiger charge is 2.01. The zero-order valence-corrected chi connectivity index (χ0v) is 8.68. The summed E-state index contributed by atoms with van der Waals surface area (Å²) in [5.41, 5.74) is 0.562. The van der Waals surface area contributed by atoms with Gasteiger partial charge in [0.1, 0.15) is 5.82 Å². The molecule has 0 saturated carbocycles. The van der Waals surface area contributed by atoms with Crippen LogP contribution < -0.4 is 5.32 Å². The summed E-state index contributed by atoms with van der Waals surface area (Å²) in [6.45, 7) is 2.27. The van der Waals surface area contributed by atoms with Gasteiger partial charge in [0.05, 0.1) is 16.8 Å². The average Bonchev–Trinajstić information content (AvgIpc) is 2.10. The average molecular weight is 218 g/mol. The Kier molecular flexibility index (Phi) is 4.17. The summed E-state index contributed by atoms with van der Waals surface area (Å²) >= 11 is 5.82. The molecule has 0 heterocycles. The predicted octanol–water partition coefficient (Wildman–Crippen LogP) is 2.66. The van der Waals surface area contributed by atoms with Gasteiger partial charge in [-0.2, -0.15) is 0 Å². The highest BCUT2D eigenvalue weighted by atomic mass is 35.5. The van der Waals surface area contributed by atoms with E-state index in [4.69, 9.17) is 16.7 Å². The highest BCUT2D eigenvalue weighted by molar-refractivity contribution is 6.33. The second kappa shape index (κ2) is 5.17. The zero-order chi connectivity index (χ0) is 10.6. The molecule has 0 aromatic heterocycles. The van der Waals surface area contributed by atoms with E-state index >= 15 is 0 Å². The van der Waals surface area contributed by atoms with Gasteiger partial charge in [0.2, 0.25) is 0 Å². The summed E-state index contributed by atoms with van der Waals surface area (Å²) in [5.74, 6) is -0.325. The van der Waals surface area contributed by atoms with Crippen molar-refractivity contribution in [2.45, 2.75) is 19.4 Å². The summed E-state index contributed by atoms with van der Waals surface area (Å²) in [6, 6.07) is 4.15. The number of aliphatic hydroxyl groups is 1. The number of aliphatic hydroxyl groups excluding tert-OH is 1. The summed E-state index contributed by atoms with van der Waals surface area (Å²) in [6.07, 6.45) is 0.238. The lowest BCUT2D eigenvalue weighted by Crippen LogP contribution is -2.10. The van der Waals surface area contributed by atoms with Gasteiger partial charge in [-0.1, -0.05) is 11.6 Å². The topological polar surface area (TPSA) is 32.3 Å². The quantitative estimate of drug-likeness (QED) is 0.813. The van der Waals surface area contributed by atoms with E-state index in [0.29, 0.717) is 23.7 Å². The molecule has 14 heavy (non-hydrogen) atoms. The molecule has 4 heteroatoms. The van der Waals surface area contributed by atoms with E-state index in [1.54, 1.807) is 6.92 Å². The molecule has 0 amide bonds. The van der Waals surface area contributed by atoms with Crippen LogP contribution >= 0.6 is 11.6 Å². The van der Waals surface area contributed by atoms with Crippen molar-refractivity contribution >= 4 is 17.3 Å². The first kappa shape index (κ1) is 11.3. The fourth-order valence-electron chi connectivity index (χ4n) is 1.05.